The number of nitrogens with one attached hydrogen (secondary N) is 1. The molecule has 0 unspecified atom stereocenters. The predicted octanol–water partition coefficient (Wildman–Crippen LogP) is 5.71. The highest BCUT2D eigenvalue weighted by Crippen LogP contribution is 2.38. The average molecular weight is 478 g/mol. The monoisotopic (exact) mass is 477 g/mol. The smallest absolute Gasteiger partial charge is 0.275 e. The molecule has 1 aliphatic rings. The number of anilines is 1. The van der Waals surface area contributed by atoms with Crippen LogP contribution in [-0.4, -0.2) is 21.9 Å². The first-order valence-electron chi connectivity index (χ1n) is 10.8. The topological polar surface area (TPSA) is 54.3 Å². The van der Waals surface area contributed by atoms with Crippen molar-refractivity contribution in [3.05, 3.63) is 87.4 Å². The summed E-state index contributed by atoms with van der Waals surface area (Å²) in [4.78, 5) is 30.3. The van der Waals surface area contributed by atoms with E-state index >= 15 is 0 Å². The number of thiophene rings is 1. The zero-order chi connectivity index (χ0) is 23.3. The third-order valence-corrected chi connectivity index (χ3v) is 7.54. The van der Waals surface area contributed by atoms with E-state index in [4.69, 9.17) is 11.6 Å². The Labute approximate surface area is 201 Å². The minimum atomic E-state index is -1.10. The van der Waals surface area contributed by atoms with Gasteiger partial charge in [-0.3, -0.25) is 14.5 Å². The highest BCUT2D eigenvalue weighted by molar-refractivity contribution is 7.16. The normalized spacial score (nSPS) is 17.9. The molecule has 1 N–H and O–H groups in total. The zero-order valence-electron chi connectivity index (χ0n) is 18.7. The van der Waals surface area contributed by atoms with Crippen molar-refractivity contribution in [2.24, 2.45) is 0 Å². The van der Waals surface area contributed by atoms with Crippen molar-refractivity contribution in [2.75, 3.05) is 4.90 Å². The maximum absolute atomic E-state index is 13.9. The molecule has 0 fully saturated rings. The van der Waals surface area contributed by atoms with Gasteiger partial charge in [-0.2, -0.15) is 0 Å². The van der Waals surface area contributed by atoms with Gasteiger partial charge in [0, 0.05) is 22.6 Å². The van der Waals surface area contributed by atoms with Crippen molar-refractivity contribution in [2.45, 2.75) is 39.4 Å². The lowest BCUT2D eigenvalue weighted by atomic mass is 9.92. The maximum Gasteiger partial charge on any atom is 0.275 e. The molecule has 0 spiro atoms. The van der Waals surface area contributed by atoms with Crippen molar-refractivity contribution in [1.29, 1.82) is 0 Å². The molecule has 7 heteroatoms. The Hall–Kier alpha value is -3.09. The Balaban J connectivity index is 1.57. The average Bonchev–Trinajstić information content (AvgIpc) is 3.37. The molecule has 5 rings (SSSR count). The number of halogens is 1. The Bertz CT molecular complexity index is 1390. The third-order valence-electron chi connectivity index (χ3n) is 6.33. The molecule has 2 amide bonds. The number of rotatable bonds is 4. The molecular formula is C26H24ClN3O2S. The van der Waals surface area contributed by atoms with E-state index < -0.39 is 5.54 Å². The summed E-state index contributed by atoms with van der Waals surface area (Å²) in [5, 5.41) is 6.74. The standard InChI is InChI=1S/C26H24ClN3O2S/c1-16-4-9-21(17(2)12-16)30-23(31)22-13-19-10-11-33-24(19)29(22)15-26(30,3)25(32)28-14-18-5-7-20(27)8-6-18/h4-13H,14-15H2,1-3H3,(H,28,32)/t26-/m0/s1. The molecule has 33 heavy (non-hydrogen) atoms. The number of hydrogen-bond acceptors (Lipinski definition) is 3. The first-order chi connectivity index (χ1) is 15.8. The van der Waals surface area contributed by atoms with E-state index in [0.29, 0.717) is 23.8 Å². The molecule has 0 radical (unpaired) electrons. The summed E-state index contributed by atoms with van der Waals surface area (Å²) in [6.45, 7) is 6.58. The van der Waals surface area contributed by atoms with Gasteiger partial charge in [-0.25, -0.2) is 0 Å². The number of amides is 2. The Morgan fingerprint density at radius 2 is 1.88 bits per heavy atom. The number of hydrogen-bond donors (Lipinski definition) is 1. The van der Waals surface area contributed by atoms with Gasteiger partial charge in [-0.15, -0.1) is 11.3 Å². The summed E-state index contributed by atoms with van der Waals surface area (Å²) >= 11 is 7.57. The van der Waals surface area contributed by atoms with E-state index in [1.54, 1.807) is 28.4 Å². The molecule has 0 saturated carbocycles. The minimum Gasteiger partial charge on any atom is -0.350 e. The lowest BCUT2D eigenvalue weighted by Crippen LogP contribution is -2.64. The van der Waals surface area contributed by atoms with Gasteiger partial charge in [0.05, 0.1) is 6.54 Å². The van der Waals surface area contributed by atoms with Crippen molar-refractivity contribution >= 4 is 50.7 Å². The van der Waals surface area contributed by atoms with E-state index in [1.807, 2.05) is 73.2 Å². The summed E-state index contributed by atoms with van der Waals surface area (Å²) in [7, 11) is 0. The molecule has 1 atom stereocenters. The number of nitrogens with zero attached hydrogens (tertiary/aromatic N) is 2. The lowest BCUT2D eigenvalue weighted by molar-refractivity contribution is -0.126. The van der Waals surface area contributed by atoms with Crippen molar-refractivity contribution in [3.8, 4) is 0 Å². The number of carbonyl (C=O) groups excluding carboxylic acids is 2. The lowest BCUT2D eigenvalue weighted by Gasteiger charge is -2.44. The molecule has 2 aromatic heterocycles. The van der Waals surface area contributed by atoms with E-state index in [-0.39, 0.29) is 11.8 Å². The van der Waals surface area contributed by atoms with E-state index in [2.05, 4.69) is 5.32 Å². The van der Waals surface area contributed by atoms with E-state index in [0.717, 1.165) is 32.6 Å². The fourth-order valence-electron chi connectivity index (χ4n) is 4.61. The molecule has 1 aliphatic heterocycles. The summed E-state index contributed by atoms with van der Waals surface area (Å²) in [6.07, 6.45) is 0. The second kappa shape index (κ2) is 8.04. The Kier molecular flexibility index (Phi) is 5.30. The largest absolute Gasteiger partial charge is 0.350 e. The van der Waals surface area contributed by atoms with Gasteiger partial charge in [0.25, 0.3) is 5.91 Å². The second-order valence-electron chi connectivity index (χ2n) is 8.81. The van der Waals surface area contributed by atoms with Crippen LogP contribution in [0.25, 0.3) is 10.2 Å². The van der Waals surface area contributed by atoms with E-state index in [1.165, 1.54) is 0 Å². The molecule has 0 aliphatic carbocycles. The fraction of sp³-hybridized carbons (Fsp3) is 0.231. The molecule has 168 valence electrons. The summed E-state index contributed by atoms with van der Waals surface area (Å²) < 4.78 is 1.99. The van der Waals surface area contributed by atoms with Gasteiger partial charge in [0.15, 0.2) is 0 Å². The van der Waals surface area contributed by atoms with Crippen LogP contribution in [0.4, 0.5) is 5.69 Å². The van der Waals surface area contributed by atoms with Crippen LogP contribution < -0.4 is 10.2 Å². The van der Waals surface area contributed by atoms with Crippen LogP contribution in [-0.2, 0) is 17.9 Å². The van der Waals surface area contributed by atoms with Crippen molar-refractivity contribution in [3.63, 3.8) is 0 Å². The van der Waals surface area contributed by atoms with Gasteiger partial charge >= 0.3 is 0 Å². The first kappa shape index (κ1) is 21.7. The number of benzene rings is 2. The molecular weight excluding hydrogens is 454 g/mol. The number of fused-ring (bicyclic) bond motifs is 3. The fourth-order valence-corrected chi connectivity index (χ4v) is 5.63. The predicted molar refractivity (Wildman–Crippen MR) is 134 cm³/mol. The highest BCUT2D eigenvalue weighted by atomic mass is 35.5. The van der Waals surface area contributed by atoms with Crippen LogP contribution in [0.2, 0.25) is 5.02 Å². The molecule has 5 nitrogen and oxygen atoms in total. The van der Waals surface area contributed by atoms with Gasteiger partial charge in [0.1, 0.15) is 16.1 Å². The van der Waals surface area contributed by atoms with Gasteiger partial charge < -0.3 is 9.88 Å². The van der Waals surface area contributed by atoms with Gasteiger partial charge in [-0.05, 0) is 67.6 Å². The zero-order valence-corrected chi connectivity index (χ0v) is 20.3. The minimum absolute atomic E-state index is 0.166. The van der Waals surface area contributed by atoms with Crippen LogP contribution in [0.3, 0.4) is 0 Å². The summed E-state index contributed by atoms with van der Waals surface area (Å²) in [5.41, 5.74) is 3.27. The molecule has 4 aromatic rings. The third kappa shape index (κ3) is 3.63. The van der Waals surface area contributed by atoms with Gasteiger partial charge in [0.2, 0.25) is 5.91 Å². The number of aryl methyl sites for hydroxylation is 2. The maximum atomic E-state index is 13.9. The molecule has 2 aromatic carbocycles. The van der Waals surface area contributed by atoms with Gasteiger partial charge in [-0.1, -0.05) is 41.4 Å². The van der Waals surface area contributed by atoms with Crippen LogP contribution in [0.1, 0.15) is 34.1 Å². The second-order valence-corrected chi connectivity index (χ2v) is 10.1. The number of aromatic nitrogens is 1. The molecule has 3 heterocycles. The van der Waals surface area contributed by atoms with Crippen molar-refractivity contribution in [1.82, 2.24) is 9.88 Å². The Morgan fingerprint density at radius 1 is 1.12 bits per heavy atom. The quantitative estimate of drug-likeness (QED) is 0.409. The van der Waals surface area contributed by atoms with Crippen LogP contribution in [0, 0.1) is 13.8 Å². The summed E-state index contributed by atoms with van der Waals surface area (Å²) in [6, 6.07) is 17.3. The van der Waals surface area contributed by atoms with Crippen LogP contribution >= 0.6 is 22.9 Å². The summed E-state index contributed by atoms with van der Waals surface area (Å²) in [5.74, 6) is -0.365. The van der Waals surface area contributed by atoms with Crippen LogP contribution in [0.5, 0.6) is 0 Å². The SMILES string of the molecule is Cc1ccc(N2C(=O)c3cc4ccsc4n3C[C@@]2(C)C(=O)NCc2ccc(Cl)cc2)c(C)c1. The molecule has 0 bridgehead atoms. The van der Waals surface area contributed by atoms with E-state index in [9.17, 15) is 9.59 Å². The number of carbonyl (C=O) groups is 2. The van der Waals surface area contributed by atoms with Crippen molar-refractivity contribution < 1.29 is 9.59 Å². The first-order valence-corrected chi connectivity index (χ1v) is 12.0. The Morgan fingerprint density at radius 3 is 2.61 bits per heavy atom. The van der Waals surface area contributed by atoms with Crippen LogP contribution in [0.15, 0.2) is 60.0 Å². The molecule has 0 saturated heterocycles. The highest BCUT2D eigenvalue weighted by Gasteiger charge is 2.49.